The second-order valence-electron chi connectivity index (χ2n) is 12.2. The van der Waals surface area contributed by atoms with E-state index in [4.69, 9.17) is 0 Å². The first kappa shape index (κ1) is 25.9. The number of carbonyl (C=O) groups excluding carboxylic acids is 5. The number of imide groups is 2. The number of piperidine rings is 2. The van der Waals surface area contributed by atoms with E-state index in [1.807, 2.05) is 10.9 Å². The molecule has 214 valence electrons. The first-order valence-electron chi connectivity index (χ1n) is 14.8. The topological polar surface area (TPSA) is 134 Å². The molecule has 41 heavy (non-hydrogen) atoms. The smallest absolute Gasteiger partial charge is 0.264 e. The summed E-state index contributed by atoms with van der Waals surface area (Å²) in [6, 6.07) is 4.26. The summed E-state index contributed by atoms with van der Waals surface area (Å²) in [6.45, 7) is 1.93. The van der Waals surface area contributed by atoms with Crippen molar-refractivity contribution >= 4 is 35.2 Å². The average Bonchev–Trinajstić information content (AvgIpc) is 3.62. The predicted octanol–water partition coefficient (Wildman–Crippen LogP) is 2.64. The van der Waals surface area contributed by atoms with E-state index in [1.165, 1.54) is 19.3 Å². The molecule has 1 aromatic carbocycles. The first-order valence-corrected chi connectivity index (χ1v) is 14.8. The molecule has 11 nitrogen and oxygen atoms in total. The zero-order valence-electron chi connectivity index (χ0n) is 22.9. The Morgan fingerprint density at radius 1 is 1.02 bits per heavy atom. The maximum absolute atomic E-state index is 13.3. The lowest BCUT2D eigenvalue weighted by atomic mass is 9.64. The van der Waals surface area contributed by atoms with E-state index >= 15 is 0 Å². The molecule has 3 aliphatic heterocycles. The summed E-state index contributed by atoms with van der Waals surface area (Å²) < 4.78 is 1.98. The summed E-state index contributed by atoms with van der Waals surface area (Å²) in [5, 5.41) is 10.1. The fraction of sp³-hybridized carbons (Fsp3) is 0.533. The molecule has 7 rings (SSSR count). The van der Waals surface area contributed by atoms with E-state index in [0.29, 0.717) is 24.1 Å². The quantitative estimate of drug-likeness (QED) is 0.499. The van der Waals surface area contributed by atoms with Gasteiger partial charge in [-0.1, -0.05) is 12.5 Å². The van der Waals surface area contributed by atoms with E-state index in [2.05, 4.69) is 20.6 Å². The minimum Gasteiger partial charge on any atom is -0.380 e. The highest BCUT2D eigenvalue weighted by Crippen LogP contribution is 2.58. The van der Waals surface area contributed by atoms with Gasteiger partial charge in [0.1, 0.15) is 6.04 Å². The number of nitrogens with one attached hydrogen (secondary N) is 2. The standard InChI is InChI=1S/C30H34N6O5/c37-24-8-7-23(26(38)33-24)36-27(39)21-3-1-4-22(25(21)28(36)40)31-15-18-16-32-35(17-18)20-9-13-34(14-10-20)29(41)30(11-2-12-30)19-5-6-19/h1,3-4,16-17,19-20,23,31H,2,5-15H2,(H,33,37,38). The molecule has 1 aromatic heterocycles. The molecule has 0 radical (unpaired) electrons. The van der Waals surface area contributed by atoms with Gasteiger partial charge in [0.2, 0.25) is 17.7 Å². The van der Waals surface area contributed by atoms with Crippen molar-refractivity contribution in [2.75, 3.05) is 18.4 Å². The van der Waals surface area contributed by atoms with Crippen LogP contribution in [0.2, 0.25) is 0 Å². The van der Waals surface area contributed by atoms with Crippen LogP contribution < -0.4 is 10.6 Å². The van der Waals surface area contributed by atoms with Crippen LogP contribution in [0, 0.1) is 11.3 Å². The SMILES string of the molecule is O=C1CCC(N2C(=O)c3cccc(NCc4cnn(C5CCN(C(=O)C6(C7CC7)CCC6)CC5)c4)c3C2=O)C(=O)N1. The zero-order chi connectivity index (χ0) is 28.3. The highest BCUT2D eigenvalue weighted by molar-refractivity contribution is 6.25. The Bertz CT molecular complexity index is 1450. The zero-order valence-corrected chi connectivity index (χ0v) is 22.9. The van der Waals surface area contributed by atoms with Crippen LogP contribution in [0.5, 0.6) is 0 Å². The van der Waals surface area contributed by atoms with Crippen molar-refractivity contribution in [1.82, 2.24) is 24.9 Å². The van der Waals surface area contributed by atoms with Gasteiger partial charge >= 0.3 is 0 Å². The highest BCUT2D eigenvalue weighted by atomic mass is 16.2. The number of anilines is 1. The lowest BCUT2D eigenvalue weighted by Crippen LogP contribution is -2.54. The third kappa shape index (κ3) is 4.33. The summed E-state index contributed by atoms with van der Waals surface area (Å²) in [5.41, 5.74) is 1.87. The summed E-state index contributed by atoms with van der Waals surface area (Å²) >= 11 is 0. The normalized spacial score (nSPS) is 24.2. The molecule has 0 bridgehead atoms. The largest absolute Gasteiger partial charge is 0.380 e. The predicted molar refractivity (Wildman–Crippen MR) is 147 cm³/mol. The number of rotatable bonds is 7. The molecule has 0 spiro atoms. The third-order valence-corrected chi connectivity index (χ3v) is 9.76. The Hall–Kier alpha value is -4.02. The van der Waals surface area contributed by atoms with Crippen molar-refractivity contribution in [2.45, 2.75) is 76.4 Å². The van der Waals surface area contributed by atoms with Crippen molar-refractivity contribution in [2.24, 2.45) is 11.3 Å². The monoisotopic (exact) mass is 558 g/mol. The van der Waals surface area contributed by atoms with Crippen LogP contribution in [0.25, 0.3) is 0 Å². The minimum atomic E-state index is -0.999. The van der Waals surface area contributed by atoms with E-state index in [-0.39, 0.29) is 35.4 Å². The van der Waals surface area contributed by atoms with Crippen LogP contribution in [-0.4, -0.2) is 68.2 Å². The van der Waals surface area contributed by atoms with Gasteiger partial charge in [0, 0.05) is 43.5 Å². The maximum Gasteiger partial charge on any atom is 0.264 e. The summed E-state index contributed by atoms with van der Waals surface area (Å²) in [5.74, 6) is -1.10. The van der Waals surface area contributed by atoms with Crippen LogP contribution in [0.1, 0.15) is 90.1 Å². The van der Waals surface area contributed by atoms with E-state index in [9.17, 15) is 24.0 Å². The molecule has 4 fully saturated rings. The summed E-state index contributed by atoms with van der Waals surface area (Å²) in [7, 11) is 0. The Morgan fingerprint density at radius 3 is 2.49 bits per heavy atom. The van der Waals surface area contributed by atoms with Gasteiger partial charge in [-0.05, 0) is 63.0 Å². The van der Waals surface area contributed by atoms with Crippen molar-refractivity contribution < 1.29 is 24.0 Å². The Kier molecular flexibility index (Phi) is 6.20. The fourth-order valence-corrected chi connectivity index (χ4v) is 7.17. The molecular formula is C30H34N6O5. The molecule has 5 amide bonds. The number of nitrogens with zero attached hydrogens (tertiary/aromatic N) is 4. The Balaban J connectivity index is 0.983. The number of aromatic nitrogens is 2. The van der Waals surface area contributed by atoms with Gasteiger partial charge in [-0.25, -0.2) is 0 Å². The number of likely N-dealkylation sites (tertiary alicyclic amines) is 1. The molecular weight excluding hydrogens is 524 g/mol. The minimum absolute atomic E-state index is 0.0557. The van der Waals surface area contributed by atoms with Crippen molar-refractivity contribution in [3.05, 3.63) is 47.3 Å². The van der Waals surface area contributed by atoms with Gasteiger partial charge in [0.05, 0.1) is 28.8 Å². The Labute approximate surface area is 237 Å². The molecule has 5 aliphatic rings. The van der Waals surface area contributed by atoms with Gasteiger partial charge in [-0.3, -0.25) is 38.9 Å². The molecule has 2 aliphatic carbocycles. The number of carbonyl (C=O) groups is 5. The van der Waals surface area contributed by atoms with Crippen LogP contribution in [0.3, 0.4) is 0 Å². The molecule has 2 saturated heterocycles. The third-order valence-electron chi connectivity index (χ3n) is 9.76. The lowest BCUT2D eigenvalue weighted by molar-refractivity contribution is -0.151. The van der Waals surface area contributed by atoms with E-state index in [1.54, 1.807) is 24.4 Å². The van der Waals surface area contributed by atoms with Crippen LogP contribution in [0.15, 0.2) is 30.6 Å². The fourth-order valence-electron chi connectivity index (χ4n) is 7.17. The van der Waals surface area contributed by atoms with Gasteiger partial charge in [0.25, 0.3) is 11.8 Å². The number of hydrogen-bond donors (Lipinski definition) is 2. The van der Waals surface area contributed by atoms with Gasteiger partial charge < -0.3 is 10.2 Å². The summed E-state index contributed by atoms with van der Waals surface area (Å²) in [4.78, 5) is 66.8. The van der Waals surface area contributed by atoms with Crippen LogP contribution in [-0.2, 0) is 20.9 Å². The number of amides is 5. The van der Waals surface area contributed by atoms with Gasteiger partial charge in [0.15, 0.2) is 0 Å². The van der Waals surface area contributed by atoms with E-state index < -0.39 is 29.7 Å². The maximum atomic E-state index is 13.3. The molecule has 1 unspecified atom stereocenters. The molecule has 11 heteroatoms. The van der Waals surface area contributed by atoms with Gasteiger partial charge in [-0.2, -0.15) is 5.10 Å². The number of hydrogen-bond acceptors (Lipinski definition) is 7. The second-order valence-corrected chi connectivity index (χ2v) is 12.2. The molecule has 1 atom stereocenters. The molecule has 2 aromatic rings. The summed E-state index contributed by atoms with van der Waals surface area (Å²) in [6.07, 6.45) is 11.5. The lowest BCUT2D eigenvalue weighted by Gasteiger charge is -2.45. The molecule has 2 N–H and O–H groups in total. The molecule has 2 saturated carbocycles. The van der Waals surface area contributed by atoms with Crippen molar-refractivity contribution in [3.63, 3.8) is 0 Å². The Morgan fingerprint density at radius 2 is 1.80 bits per heavy atom. The highest BCUT2D eigenvalue weighted by Gasteiger charge is 2.55. The number of fused-ring (bicyclic) bond motifs is 1. The van der Waals surface area contributed by atoms with Crippen molar-refractivity contribution in [1.29, 1.82) is 0 Å². The van der Waals surface area contributed by atoms with Crippen LogP contribution in [0.4, 0.5) is 5.69 Å². The van der Waals surface area contributed by atoms with Gasteiger partial charge in [-0.15, -0.1) is 0 Å². The molecule has 4 heterocycles. The van der Waals surface area contributed by atoms with E-state index in [0.717, 1.165) is 49.2 Å². The first-order chi connectivity index (χ1) is 19.9. The second kappa shape index (κ2) is 9.81. The number of benzene rings is 1. The van der Waals surface area contributed by atoms with Crippen molar-refractivity contribution in [3.8, 4) is 0 Å². The average molecular weight is 559 g/mol. The van der Waals surface area contributed by atoms with Crippen LogP contribution >= 0.6 is 0 Å².